The molecular weight excluding hydrogens is 372 g/mol. The van der Waals surface area contributed by atoms with E-state index in [0.29, 0.717) is 18.1 Å². The van der Waals surface area contributed by atoms with Crippen molar-refractivity contribution in [2.45, 2.75) is 6.61 Å². The normalized spacial score (nSPS) is 11.1. The van der Waals surface area contributed by atoms with Gasteiger partial charge in [0, 0.05) is 30.0 Å². The second-order valence-electron chi connectivity index (χ2n) is 5.31. The monoisotopic (exact) mass is 384 g/mol. The summed E-state index contributed by atoms with van der Waals surface area (Å²) in [7, 11) is 1.86. The first-order valence-electron chi connectivity index (χ1n) is 7.30. The van der Waals surface area contributed by atoms with E-state index in [0.717, 1.165) is 27.0 Å². The number of hydrogen-bond donors (Lipinski definition) is 0. The molecule has 0 aliphatic rings. The zero-order valence-electron chi connectivity index (χ0n) is 12.8. The van der Waals surface area contributed by atoms with Crippen LogP contribution in [0, 0.1) is 0 Å². The second-order valence-corrected chi connectivity index (χ2v) is 6.22. The Morgan fingerprint density at radius 2 is 2.12 bits per heavy atom. The third-order valence-electron chi connectivity index (χ3n) is 3.49. The number of ether oxygens (including phenoxy) is 1. The number of rotatable bonds is 4. The first kappa shape index (κ1) is 14.9. The summed E-state index contributed by atoms with van der Waals surface area (Å²) in [5, 5.41) is 4.13. The quantitative estimate of drug-likeness (QED) is 0.532. The first-order valence-corrected chi connectivity index (χ1v) is 8.09. The molecule has 6 nitrogen and oxygen atoms in total. The smallest absolute Gasteiger partial charge is 0.230 e. The highest BCUT2D eigenvalue weighted by molar-refractivity contribution is 9.10. The van der Waals surface area contributed by atoms with Crippen LogP contribution in [-0.4, -0.2) is 19.7 Å². The number of benzene rings is 1. The van der Waals surface area contributed by atoms with Gasteiger partial charge in [0.25, 0.3) is 0 Å². The van der Waals surface area contributed by atoms with Crippen molar-refractivity contribution >= 4 is 27.0 Å². The van der Waals surface area contributed by atoms with Gasteiger partial charge in [-0.1, -0.05) is 0 Å². The van der Waals surface area contributed by atoms with Gasteiger partial charge in [-0.05, 0) is 40.2 Å². The molecule has 0 aliphatic carbocycles. The number of hydrogen-bond acceptors (Lipinski definition) is 5. The summed E-state index contributed by atoms with van der Waals surface area (Å²) in [6.45, 7) is 0.395. The maximum Gasteiger partial charge on any atom is 0.230 e. The van der Waals surface area contributed by atoms with Gasteiger partial charge in [0.15, 0.2) is 5.58 Å². The largest absolute Gasteiger partial charge is 0.487 e. The molecule has 0 unspecified atom stereocenters. The zero-order valence-corrected chi connectivity index (χ0v) is 14.4. The van der Waals surface area contributed by atoms with Gasteiger partial charge < -0.3 is 9.15 Å². The third-order valence-corrected chi connectivity index (χ3v) is 3.96. The third kappa shape index (κ3) is 3.03. The van der Waals surface area contributed by atoms with E-state index in [1.54, 1.807) is 17.1 Å². The van der Waals surface area contributed by atoms with Crippen LogP contribution in [0.15, 0.2) is 57.8 Å². The van der Waals surface area contributed by atoms with Crippen LogP contribution in [0.2, 0.25) is 0 Å². The predicted octanol–water partition coefficient (Wildman–Crippen LogP) is 3.96. The molecule has 0 atom stereocenters. The molecule has 4 rings (SSSR count). The van der Waals surface area contributed by atoms with Gasteiger partial charge >= 0.3 is 0 Å². The number of aromatic nitrogens is 4. The summed E-state index contributed by atoms with van der Waals surface area (Å²) >= 11 is 3.36. The molecule has 0 N–H and O–H groups in total. The highest BCUT2D eigenvalue weighted by atomic mass is 79.9. The molecular formula is C17H13BrN4O2. The van der Waals surface area contributed by atoms with Crippen molar-refractivity contribution < 1.29 is 9.15 Å². The summed E-state index contributed by atoms with van der Waals surface area (Å²) in [5.41, 5.74) is 3.16. The van der Waals surface area contributed by atoms with E-state index in [9.17, 15) is 0 Å². The summed E-state index contributed by atoms with van der Waals surface area (Å²) < 4.78 is 14.2. The van der Waals surface area contributed by atoms with E-state index >= 15 is 0 Å². The topological polar surface area (TPSA) is 66.0 Å². The van der Waals surface area contributed by atoms with Crippen molar-refractivity contribution in [1.82, 2.24) is 19.7 Å². The van der Waals surface area contributed by atoms with Gasteiger partial charge in [0.2, 0.25) is 5.89 Å². The molecule has 0 saturated heterocycles. The molecule has 3 heterocycles. The van der Waals surface area contributed by atoms with E-state index in [1.807, 2.05) is 43.6 Å². The molecule has 0 spiro atoms. The van der Waals surface area contributed by atoms with Crippen molar-refractivity contribution in [3.8, 4) is 17.2 Å². The van der Waals surface area contributed by atoms with E-state index in [4.69, 9.17) is 9.15 Å². The Labute approximate surface area is 146 Å². The number of pyridine rings is 1. The molecule has 120 valence electrons. The average Bonchev–Trinajstić information content (AvgIpc) is 3.19. The lowest BCUT2D eigenvalue weighted by atomic mass is 10.3. The van der Waals surface area contributed by atoms with E-state index in [-0.39, 0.29) is 0 Å². The summed E-state index contributed by atoms with van der Waals surface area (Å²) in [5.74, 6) is 1.27. The van der Waals surface area contributed by atoms with Crippen LogP contribution in [0.5, 0.6) is 5.75 Å². The average molecular weight is 385 g/mol. The Hall–Kier alpha value is -2.67. The Kier molecular flexibility index (Phi) is 3.78. The summed E-state index contributed by atoms with van der Waals surface area (Å²) in [6, 6.07) is 9.43. The van der Waals surface area contributed by atoms with Crippen molar-refractivity contribution in [2.75, 3.05) is 0 Å². The molecule has 24 heavy (non-hydrogen) atoms. The predicted molar refractivity (Wildman–Crippen MR) is 92.5 cm³/mol. The van der Waals surface area contributed by atoms with E-state index < -0.39 is 0 Å². The Morgan fingerprint density at radius 1 is 1.21 bits per heavy atom. The first-order chi connectivity index (χ1) is 11.7. The molecule has 7 heteroatoms. The fourth-order valence-electron chi connectivity index (χ4n) is 2.30. The standard InChI is InChI=1S/C17H13BrN4O2/c1-22-9-11(7-20-22)17-21-15-6-14(4-5-16(15)24-17)23-10-13-3-2-12(18)8-19-13/h2-9H,10H2,1H3. The molecule has 3 aromatic heterocycles. The highest BCUT2D eigenvalue weighted by Gasteiger charge is 2.10. The molecule has 0 radical (unpaired) electrons. The molecule has 0 saturated carbocycles. The molecule has 0 amide bonds. The van der Waals surface area contributed by atoms with Crippen molar-refractivity contribution in [2.24, 2.45) is 7.05 Å². The van der Waals surface area contributed by atoms with Gasteiger partial charge in [-0.15, -0.1) is 0 Å². The Morgan fingerprint density at radius 3 is 2.88 bits per heavy atom. The highest BCUT2D eigenvalue weighted by Crippen LogP contribution is 2.27. The van der Waals surface area contributed by atoms with Gasteiger partial charge in [0.1, 0.15) is 17.9 Å². The number of halogens is 1. The number of fused-ring (bicyclic) bond motifs is 1. The van der Waals surface area contributed by atoms with Gasteiger partial charge in [-0.25, -0.2) is 4.98 Å². The Balaban J connectivity index is 1.55. The van der Waals surface area contributed by atoms with E-state index in [1.165, 1.54) is 0 Å². The van der Waals surface area contributed by atoms with Crippen molar-refractivity contribution in [3.05, 3.63) is 59.1 Å². The minimum Gasteiger partial charge on any atom is -0.487 e. The maximum absolute atomic E-state index is 5.78. The molecule has 1 aromatic carbocycles. The minimum absolute atomic E-state index is 0.395. The van der Waals surface area contributed by atoms with Crippen LogP contribution in [-0.2, 0) is 13.7 Å². The van der Waals surface area contributed by atoms with Crippen molar-refractivity contribution in [1.29, 1.82) is 0 Å². The fourth-order valence-corrected chi connectivity index (χ4v) is 2.54. The van der Waals surface area contributed by atoms with Crippen molar-refractivity contribution in [3.63, 3.8) is 0 Å². The number of aryl methyl sites for hydroxylation is 1. The second kappa shape index (κ2) is 6.09. The fraction of sp³-hybridized carbons (Fsp3) is 0.118. The van der Waals surface area contributed by atoms with Crippen LogP contribution in [0.25, 0.3) is 22.6 Å². The van der Waals surface area contributed by atoms with Gasteiger partial charge in [0.05, 0.1) is 17.5 Å². The molecule has 4 aromatic rings. The lowest BCUT2D eigenvalue weighted by molar-refractivity contribution is 0.301. The summed E-state index contributed by atoms with van der Waals surface area (Å²) in [4.78, 5) is 8.79. The van der Waals surface area contributed by atoms with Crippen LogP contribution < -0.4 is 4.74 Å². The molecule has 0 bridgehead atoms. The zero-order chi connectivity index (χ0) is 16.5. The van der Waals surface area contributed by atoms with Crippen LogP contribution >= 0.6 is 15.9 Å². The van der Waals surface area contributed by atoms with Gasteiger partial charge in [-0.2, -0.15) is 5.10 Å². The SMILES string of the molecule is Cn1cc(-c2nc3cc(OCc4ccc(Br)cn4)ccc3o2)cn1. The Bertz CT molecular complexity index is 991. The van der Waals surface area contributed by atoms with Gasteiger partial charge in [-0.3, -0.25) is 9.67 Å². The lowest BCUT2D eigenvalue weighted by Crippen LogP contribution is -1.97. The number of oxazole rings is 1. The van der Waals surface area contributed by atoms with Crippen LogP contribution in [0.4, 0.5) is 0 Å². The number of nitrogens with zero attached hydrogens (tertiary/aromatic N) is 4. The lowest BCUT2D eigenvalue weighted by Gasteiger charge is -2.05. The summed E-state index contributed by atoms with van der Waals surface area (Å²) in [6.07, 6.45) is 5.34. The van der Waals surface area contributed by atoms with Crippen LogP contribution in [0.3, 0.4) is 0 Å². The van der Waals surface area contributed by atoms with Crippen LogP contribution in [0.1, 0.15) is 5.69 Å². The molecule has 0 fully saturated rings. The van der Waals surface area contributed by atoms with E-state index in [2.05, 4.69) is 31.0 Å². The molecule has 0 aliphatic heterocycles. The minimum atomic E-state index is 0.395. The maximum atomic E-state index is 5.78.